The summed E-state index contributed by atoms with van der Waals surface area (Å²) in [6, 6.07) is 28.1. The number of nitrogens with zero attached hydrogens (tertiary/aromatic N) is 3. The predicted octanol–water partition coefficient (Wildman–Crippen LogP) is 5.89. The molecule has 0 aliphatic carbocycles. The lowest BCUT2D eigenvalue weighted by Crippen LogP contribution is -2.27. The third-order valence-electron chi connectivity index (χ3n) is 4.93. The van der Waals surface area contributed by atoms with Crippen molar-refractivity contribution in [3.63, 3.8) is 0 Å². The average molecular weight is 463 g/mol. The fourth-order valence-electron chi connectivity index (χ4n) is 3.36. The number of hydrogen-bond donors (Lipinski definition) is 1. The Balaban J connectivity index is 1.37. The first-order valence-corrected chi connectivity index (χ1v) is 11.6. The number of nitrogens with one attached hydrogen (secondary N) is 1. The topological polar surface area (TPSA) is 58.1 Å². The first-order chi connectivity index (χ1) is 15.7. The Morgan fingerprint density at radius 2 is 1.44 bits per heavy atom. The van der Waals surface area contributed by atoms with Crippen LogP contribution in [0.25, 0.3) is 10.6 Å². The molecule has 0 spiro atoms. The molecular weight excluding hydrogens is 440 g/mol. The number of carbonyl (C=O) groups excluding carboxylic acids is 1. The van der Waals surface area contributed by atoms with Crippen LogP contribution >= 0.6 is 22.9 Å². The van der Waals surface area contributed by atoms with Gasteiger partial charge in [0.2, 0.25) is 11.0 Å². The van der Waals surface area contributed by atoms with E-state index in [1.54, 1.807) is 0 Å². The van der Waals surface area contributed by atoms with Crippen molar-refractivity contribution in [1.82, 2.24) is 15.1 Å². The molecule has 4 aromatic rings. The van der Waals surface area contributed by atoms with Crippen molar-refractivity contribution in [2.75, 3.05) is 11.9 Å². The molecule has 4 rings (SSSR count). The fourth-order valence-corrected chi connectivity index (χ4v) is 4.44. The maximum atomic E-state index is 12.6. The van der Waals surface area contributed by atoms with Crippen molar-refractivity contribution in [3.05, 3.63) is 101 Å². The van der Waals surface area contributed by atoms with E-state index >= 15 is 0 Å². The highest BCUT2D eigenvalue weighted by Crippen LogP contribution is 2.31. The maximum Gasteiger partial charge on any atom is 0.227 e. The number of halogens is 1. The number of amides is 1. The largest absolute Gasteiger partial charge is 0.300 e. The van der Waals surface area contributed by atoms with Crippen LogP contribution in [0.5, 0.6) is 0 Å². The second-order valence-electron chi connectivity index (χ2n) is 7.37. The van der Waals surface area contributed by atoms with Crippen molar-refractivity contribution in [2.24, 2.45) is 0 Å². The van der Waals surface area contributed by atoms with Crippen LogP contribution in [-0.4, -0.2) is 27.5 Å². The lowest BCUT2D eigenvalue weighted by molar-refractivity contribution is -0.116. The molecule has 0 bridgehead atoms. The SMILES string of the molecule is O=C(CCN(Cc1ccccc1)Cc1ccccc1)Nc1nnc(-c2ccccc2Cl)s1. The minimum absolute atomic E-state index is 0.0852. The summed E-state index contributed by atoms with van der Waals surface area (Å²) in [6.45, 7) is 2.18. The Morgan fingerprint density at radius 1 is 0.844 bits per heavy atom. The highest BCUT2D eigenvalue weighted by Gasteiger charge is 2.14. The van der Waals surface area contributed by atoms with Gasteiger partial charge in [-0.2, -0.15) is 0 Å². The van der Waals surface area contributed by atoms with Gasteiger partial charge in [0.05, 0.1) is 5.02 Å². The highest BCUT2D eigenvalue weighted by atomic mass is 35.5. The summed E-state index contributed by atoms with van der Waals surface area (Å²) in [4.78, 5) is 14.9. The van der Waals surface area contributed by atoms with E-state index in [1.807, 2.05) is 60.7 Å². The van der Waals surface area contributed by atoms with E-state index in [4.69, 9.17) is 11.6 Å². The summed E-state index contributed by atoms with van der Waals surface area (Å²) < 4.78 is 0. The molecule has 0 saturated carbocycles. The van der Waals surface area contributed by atoms with Crippen molar-refractivity contribution >= 4 is 34.0 Å². The molecule has 0 aliphatic heterocycles. The smallest absolute Gasteiger partial charge is 0.227 e. The van der Waals surface area contributed by atoms with Crippen LogP contribution < -0.4 is 5.32 Å². The van der Waals surface area contributed by atoms with Crippen LogP contribution in [0.3, 0.4) is 0 Å². The molecule has 5 nitrogen and oxygen atoms in total. The third kappa shape index (κ3) is 6.23. The summed E-state index contributed by atoms with van der Waals surface area (Å²) in [7, 11) is 0. The fraction of sp³-hybridized carbons (Fsp3) is 0.160. The summed E-state index contributed by atoms with van der Waals surface area (Å²) in [6.07, 6.45) is 0.362. The highest BCUT2D eigenvalue weighted by molar-refractivity contribution is 7.18. The van der Waals surface area contributed by atoms with E-state index in [-0.39, 0.29) is 5.91 Å². The van der Waals surface area contributed by atoms with E-state index in [9.17, 15) is 4.79 Å². The second-order valence-corrected chi connectivity index (χ2v) is 8.76. The molecule has 1 amide bonds. The van der Waals surface area contributed by atoms with Gasteiger partial charge in [-0.15, -0.1) is 10.2 Å². The predicted molar refractivity (Wildman–Crippen MR) is 131 cm³/mol. The molecule has 1 heterocycles. The quantitative estimate of drug-likeness (QED) is 0.337. The molecule has 0 saturated heterocycles. The molecule has 1 aromatic heterocycles. The van der Waals surface area contributed by atoms with Gasteiger partial charge in [0.15, 0.2) is 5.01 Å². The number of rotatable bonds is 9. The second kappa shape index (κ2) is 11.0. The molecule has 32 heavy (non-hydrogen) atoms. The van der Waals surface area contributed by atoms with Crippen molar-refractivity contribution in [2.45, 2.75) is 19.5 Å². The van der Waals surface area contributed by atoms with Gasteiger partial charge in [-0.1, -0.05) is 102 Å². The van der Waals surface area contributed by atoms with Crippen molar-refractivity contribution in [1.29, 1.82) is 0 Å². The first-order valence-electron chi connectivity index (χ1n) is 10.4. The van der Waals surface area contributed by atoms with Gasteiger partial charge in [0.25, 0.3) is 0 Å². The monoisotopic (exact) mass is 462 g/mol. The van der Waals surface area contributed by atoms with Crippen LogP contribution in [-0.2, 0) is 17.9 Å². The number of carbonyl (C=O) groups is 1. The summed E-state index contributed by atoms with van der Waals surface area (Å²) in [5.74, 6) is -0.0852. The number of aromatic nitrogens is 2. The number of anilines is 1. The van der Waals surface area contributed by atoms with Gasteiger partial charge in [-0.3, -0.25) is 9.69 Å². The number of hydrogen-bond acceptors (Lipinski definition) is 5. The number of benzene rings is 3. The molecule has 0 fully saturated rings. The van der Waals surface area contributed by atoms with E-state index in [2.05, 4.69) is 44.7 Å². The summed E-state index contributed by atoms with van der Waals surface area (Å²) >= 11 is 7.55. The lowest BCUT2D eigenvalue weighted by Gasteiger charge is -2.22. The van der Waals surface area contributed by atoms with E-state index in [0.29, 0.717) is 28.1 Å². The minimum Gasteiger partial charge on any atom is -0.300 e. The standard InChI is InChI=1S/C25H23ClN4OS/c26-22-14-8-7-13-21(22)24-28-29-25(32-24)27-23(31)15-16-30(17-19-9-3-1-4-10-19)18-20-11-5-2-6-12-20/h1-14H,15-18H2,(H,27,29,31). The van der Waals surface area contributed by atoms with Crippen molar-refractivity contribution in [3.8, 4) is 10.6 Å². The Kier molecular flexibility index (Phi) is 7.61. The van der Waals surface area contributed by atoms with Crippen LogP contribution in [0.4, 0.5) is 5.13 Å². The normalized spacial score (nSPS) is 10.9. The zero-order valence-electron chi connectivity index (χ0n) is 17.4. The molecule has 162 valence electrons. The zero-order chi connectivity index (χ0) is 22.2. The Morgan fingerprint density at radius 3 is 2.06 bits per heavy atom. The molecular formula is C25H23ClN4OS. The van der Waals surface area contributed by atoms with Gasteiger partial charge < -0.3 is 5.32 Å². The van der Waals surface area contributed by atoms with Crippen molar-refractivity contribution < 1.29 is 4.79 Å². The Bertz CT molecular complexity index is 1110. The van der Waals surface area contributed by atoms with Gasteiger partial charge in [0.1, 0.15) is 0 Å². The molecule has 0 atom stereocenters. The zero-order valence-corrected chi connectivity index (χ0v) is 19.0. The van der Waals surface area contributed by atoms with E-state index in [0.717, 1.165) is 18.7 Å². The first kappa shape index (κ1) is 22.1. The van der Waals surface area contributed by atoms with Crippen LogP contribution in [0.1, 0.15) is 17.5 Å². The van der Waals surface area contributed by atoms with Gasteiger partial charge in [-0.05, 0) is 17.2 Å². The molecule has 0 unspecified atom stereocenters. The van der Waals surface area contributed by atoms with E-state index < -0.39 is 0 Å². The van der Waals surface area contributed by atoms with Crippen LogP contribution in [0.15, 0.2) is 84.9 Å². The summed E-state index contributed by atoms with van der Waals surface area (Å²) in [5, 5.41) is 12.9. The Hall–Kier alpha value is -3.06. The minimum atomic E-state index is -0.0852. The third-order valence-corrected chi connectivity index (χ3v) is 6.13. The van der Waals surface area contributed by atoms with E-state index in [1.165, 1.54) is 22.5 Å². The molecule has 0 aliphatic rings. The van der Waals surface area contributed by atoms with Gasteiger partial charge in [0, 0.05) is 31.6 Å². The van der Waals surface area contributed by atoms with Gasteiger partial charge in [-0.25, -0.2) is 0 Å². The van der Waals surface area contributed by atoms with Gasteiger partial charge >= 0.3 is 0 Å². The molecule has 0 radical (unpaired) electrons. The lowest BCUT2D eigenvalue weighted by atomic mass is 10.1. The Labute approximate surface area is 196 Å². The van der Waals surface area contributed by atoms with Crippen LogP contribution in [0, 0.1) is 0 Å². The molecule has 7 heteroatoms. The summed E-state index contributed by atoms with van der Waals surface area (Å²) in [5.41, 5.74) is 3.25. The maximum absolute atomic E-state index is 12.6. The average Bonchev–Trinajstić information content (AvgIpc) is 3.27. The molecule has 1 N–H and O–H groups in total. The molecule has 3 aromatic carbocycles. The van der Waals surface area contributed by atoms with Crippen LogP contribution in [0.2, 0.25) is 5.02 Å².